The van der Waals surface area contributed by atoms with Gasteiger partial charge in [0.1, 0.15) is 18.3 Å². The van der Waals surface area contributed by atoms with Crippen LogP contribution in [0.5, 0.6) is 0 Å². The van der Waals surface area contributed by atoms with E-state index in [9.17, 15) is 44.7 Å². The van der Waals surface area contributed by atoms with Gasteiger partial charge in [-0.1, -0.05) is 54.9 Å². The normalized spacial score (nSPS) is 31.7. The lowest BCUT2D eigenvalue weighted by molar-refractivity contribution is -0.274. The Kier molecular flexibility index (Phi) is 10.7. The van der Waals surface area contributed by atoms with Crippen LogP contribution in [0.3, 0.4) is 0 Å². The second-order valence-corrected chi connectivity index (χ2v) is 20.0. The van der Waals surface area contributed by atoms with Gasteiger partial charge in [0.15, 0.2) is 26.3 Å². The Morgan fingerprint density at radius 1 is 0.982 bits per heavy atom. The van der Waals surface area contributed by atoms with E-state index in [0.717, 1.165) is 11.1 Å². The first-order chi connectivity index (χ1) is 26.0. The molecule has 55 heavy (non-hydrogen) atoms. The Labute approximate surface area is 324 Å². The molecule has 0 saturated carbocycles. The molecule has 7 rings (SSSR count). The third kappa shape index (κ3) is 7.00. The molecule has 10 atom stereocenters. The molecule has 0 unspecified atom stereocenters. The lowest BCUT2D eigenvalue weighted by Gasteiger charge is -2.37. The van der Waals surface area contributed by atoms with Crippen molar-refractivity contribution in [2.24, 2.45) is 5.92 Å². The first kappa shape index (κ1) is 39.5. The molecule has 0 radical (unpaired) electrons. The van der Waals surface area contributed by atoms with E-state index in [0.29, 0.717) is 40.5 Å². The minimum absolute atomic E-state index is 0.0931. The number of nitrogens with zero attached hydrogens (tertiary/aromatic N) is 2. The van der Waals surface area contributed by atoms with Gasteiger partial charge in [-0.15, -0.1) is 0 Å². The maximum atomic E-state index is 14.9. The molecule has 16 heteroatoms. The van der Waals surface area contributed by atoms with Crippen LogP contribution in [0.15, 0.2) is 66.7 Å². The predicted molar refractivity (Wildman–Crippen MR) is 202 cm³/mol. The molecular weight excluding hydrogens is 750 g/mol. The highest BCUT2D eigenvalue weighted by Gasteiger charge is 2.66. The van der Waals surface area contributed by atoms with E-state index < -0.39 is 74.1 Å². The number of amides is 3. The van der Waals surface area contributed by atoms with E-state index in [4.69, 9.17) is 21.1 Å². The van der Waals surface area contributed by atoms with Gasteiger partial charge in [0.2, 0.25) is 5.91 Å². The number of hydrogen-bond donors (Lipinski definition) is 7. The van der Waals surface area contributed by atoms with Crippen molar-refractivity contribution in [2.45, 2.75) is 99.9 Å². The Bertz CT molecular complexity index is 1960. The van der Waals surface area contributed by atoms with Gasteiger partial charge >= 0.3 is 0 Å². The van der Waals surface area contributed by atoms with Crippen molar-refractivity contribution in [2.75, 3.05) is 16.8 Å². The van der Waals surface area contributed by atoms with E-state index in [1.165, 1.54) is 0 Å². The number of anilines is 2. The van der Waals surface area contributed by atoms with Crippen LogP contribution in [0.1, 0.15) is 35.6 Å². The average molecular weight is 796 g/mol. The number of hydrogen-bond acceptors (Lipinski definition) is 11. The van der Waals surface area contributed by atoms with Gasteiger partial charge in [-0.2, -0.15) is 0 Å². The molecule has 4 aliphatic heterocycles. The summed E-state index contributed by atoms with van der Waals surface area (Å²) < 4.78 is 11.9. The van der Waals surface area contributed by atoms with E-state index >= 15 is 0 Å². The average Bonchev–Trinajstić information content (AvgIpc) is 3.57. The van der Waals surface area contributed by atoms with Crippen LogP contribution in [-0.2, 0) is 49.0 Å². The topological polar surface area (TPSA) is 210 Å². The fraction of sp³-hybridized carbons (Fsp3) is 0.462. The summed E-state index contributed by atoms with van der Waals surface area (Å²) in [5.41, 5.74) is 2.11. The maximum absolute atomic E-state index is 14.9. The van der Waals surface area contributed by atoms with Gasteiger partial charge < -0.3 is 54.9 Å². The van der Waals surface area contributed by atoms with E-state index in [-0.39, 0.29) is 31.4 Å². The largest absolute Gasteiger partial charge is 0.432 e. The zero-order valence-corrected chi connectivity index (χ0v) is 32.3. The Morgan fingerprint density at radius 3 is 2.35 bits per heavy atom. The fourth-order valence-electron chi connectivity index (χ4n) is 8.91. The van der Waals surface area contributed by atoms with Crippen molar-refractivity contribution in [1.82, 2.24) is 4.90 Å². The highest BCUT2D eigenvalue weighted by Crippen LogP contribution is 2.60. The van der Waals surface area contributed by atoms with Gasteiger partial charge in [-0.05, 0) is 66.5 Å². The SMILES string of the molecule is C[C@H]1[C@H]([Si](C)(C)O)[C@@H](CC(=O)N2Cc3ccccc3C[C@H]2CO)O[C@]12C(=O)N(Cc1ccc(NC(=O)[C@H]3O[C@@H](O)[C@H](O)[C@@H](O)[C@@H]3O)cc1)c1ccc(Cl)cc12. The summed E-state index contributed by atoms with van der Waals surface area (Å²) in [6.45, 7) is 5.67. The standard InChI is InChI=1S/C39H46ClN3O11Si/c1-20-35(55(2,3)52)29(16-30(45)42-18-23-7-5-4-6-22(23)14-26(42)19-44)54-39(20)27-15-24(40)10-13-28(27)43(38(39)51)17-21-8-11-25(12-9-21)41-36(49)34-32(47)31(46)33(48)37(50)53-34/h4-13,15,20,26,29,31-35,37,44,46-48,50,52H,14,16-19H2,1-3H3,(H,41,49)/t20-,26-,29+,31-,32-,33+,34-,35-,37+,39+/m0/s1. The van der Waals surface area contributed by atoms with Crippen LogP contribution in [0.4, 0.5) is 11.4 Å². The van der Waals surface area contributed by atoms with Crippen LogP contribution in [-0.4, -0.2) is 111 Å². The molecule has 294 valence electrons. The number of carbonyl (C=O) groups is 3. The Balaban J connectivity index is 1.13. The van der Waals surface area contributed by atoms with Crippen LogP contribution in [0, 0.1) is 5.92 Å². The molecule has 2 fully saturated rings. The van der Waals surface area contributed by atoms with Crippen molar-refractivity contribution in [3.05, 3.63) is 94.0 Å². The summed E-state index contributed by atoms with van der Waals surface area (Å²) in [7, 11) is -3.10. The number of benzene rings is 3. The molecular formula is C39H46ClN3O11Si. The van der Waals surface area contributed by atoms with Crippen molar-refractivity contribution in [1.29, 1.82) is 0 Å². The Hall–Kier alpha value is -3.74. The molecule has 3 aromatic rings. The van der Waals surface area contributed by atoms with Crippen LogP contribution >= 0.6 is 11.6 Å². The molecule has 2 saturated heterocycles. The smallest absolute Gasteiger partial charge is 0.264 e. The molecule has 0 bridgehead atoms. The second-order valence-electron chi connectivity index (χ2n) is 15.6. The van der Waals surface area contributed by atoms with Crippen molar-refractivity contribution >= 4 is 49.0 Å². The molecule has 14 nitrogen and oxygen atoms in total. The molecule has 0 aliphatic carbocycles. The minimum Gasteiger partial charge on any atom is -0.432 e. The van der Waals surface area contributed by atoms with Gasteiger partial charge in [0, 0.05) is 34.3 Å². The van der Waals surface area contributed by atoms with Crippen LogP contribution in [0.2, 0.25) is 23.7 Å². The van der Waals surface area contributed by atoms with E-state index in [2.05, 4.69) is 5.32 Å². The third-order valence-electron chi connectivity index (χ3n) is 11.6. The summed E-state index contributed by atoms with van der Waals surface area (Å²) in [6, 6.07) is 19.1. The quantitative estimate of drug-likeness (QED) is 0.164. The summed E-state index contributed by atoms with van der Waals surface area (Å²) >= 11 is 6.55. The van der Waals surface area contributed by atoms with Gasteiger partial charge in [-0.3, -0.25) is 14.4 Å². The number of rotatable bonds is 8. The number of fused-ring (bicyclic) bond motifs is 3. The number of halogens is 1. The number of aliphatic hydroxyl groups is 5. The van der Waals surface area contributed by atoms with Gasteiger partial charge in [-0.25, -0.2) is 0 Å². The number of aliphatic hydroxyl groups excluding tert-OH is 5. The van der Waals surface area contributed by atoms with Crippen molar-refractivity contribution < 1.29 is 54.2 Å². The number of carbonyl (C=O) groups excluding carboxylic acids is 3. The molecule has 7 N–H and O–H groups in total. The lowest BCUT2D eigenvalue weighted by atomic mass is 9.82. The summed E-state index contributed by atoms with van der Waals surface area (Å²) in [5.74, 6) is -2.00. The molecule has 3 aromatic carbocycles. The van der Waals surface area contributed by atoms with Crippen molar-refractivity contribution in [3.63, 3.8) is 0 Å². The van der Waals surface area contributed by atoms with Crippen molar-refractivity contribution in [3.8, 4) is 0 Å². The summed E-state index contributed by atoms with van der Waals surface area (Å²) in [5, 5.41) is 53.0. The lowest BCUT2D eigenvalue weighted by Crippen LogP contribution is -2.60. The third-order valence-corrected chi connectivity index (χ3v) is 14.4. The Morgan fingerprint density at radius 2 is 1.67 bits per heavy atom. The van der Waals surface area contributed by atoms with Gasteiger partial charge in [0.05, 0.1) is 37.4 Å². The molecule has 4 heterocycles. The first-order valence-electron chi connectivity index (χ1n) is 18.3. The van der Waals surface area contributed by atoms with Crippen LogP contribution in [0.25, 0.3) is 0 Å². The predicted octanol–water partition coefficient (Wildman–Crippen LogP) is 1.76. The highest BCUT2D eigenvalue weighted by atomic mass is 35.5. The number of ether oxygens (including phenoxy) is 2. The minimum atomic E-state index is -3.10. The maximum Gasteiger partial charge on any atom is 0.264 e. The summed E-state index contributed by atoms with van der Waals surface area (Å²) in [6.07, 6.45) is -9.26. The number of nitrogens with one attached hydrogen (secondary N) is 1. The van der Waals surface area contributed by atoms with Crippen LogP contribution < -0.4 is 10.2 Å². The van der Waals surface area contributed by atoms with E-state index in [1.807, 2.05) is 31.2 Å². The molecule has 3 amide bonds. The first-order valence-corrected chi connectivity index (χ1v) is 21.7. The molecule has 0 aromatic heterocycles. The zero-order valence-electron chi connectivity index (χ0n) is 30.6. The molecule has 4 aliphatic rings. The van der Waals surface area contributed by atoms with Gasteiger partial charge in [0.25, 0.3) is 11.8 Å². The zero-order chi connectivity index (χ0) is 39.6. The summed E-state index contributed by atoms with van der Waals surface area (Å²) in [4.78, 5) is 56.8. The fourth-order valence-corrected chi connectivity index (χ4v) is 11.6. The molecule has 1 spiro atoms. The highest BCUT2D eigenvalue weighted by molar-refractivity contribution is 6.71. The monoisotopic (exact) mass is 795 g/mol. The van der Waals surface area contributed by atoms with E-state index in [1.54, 1.807) is 65.4 Å². The second kappa shape index (κ2) is 15.0.